The van der Waals surface area contributed by atoms with E-state index in [-0.39, 0.29) is 5.91 Å². The number of hydrogen-bond acceptors (Lipinski definition) is 3. The molecule has 0 bridgehead atoms. The highest BCUT2D eigenvalue weighted by atomic mass is 16.1. The molecule has 1 amide bonds. The molecule has 2 aromatic heterocycles. The average Bonchev–Trinajstić information content (AvgIpc) is 3.18. The van der Waals surface area contributed by atoms with Gasteiger partial charge in [-0.1, -0.05) is 31.2 Å². The Balaban J connectivity index is 1.66. The van der Waals surface area contributed by atoms with E-state index in [9.17, 15) is 4.79 Å². The van der Waals surface area contributed by atoms with Crippen LogP contribution in [0.5, 0.6) is 0 Å². The number of amides is 1. The molecule has 0 saturated carbocycles. The van der Waals surface area contributed by atoms with Crippen molar-refractivity contribution < 1.29 is 4.79 Å². The van der Waals surface area contributed by atoms with Crippen LogP contribution in [0.3, 0.4) is 0 Å². The van der Waals surface area contributed by atoms with Gasteiger partial charge in [-0.2, -0.15) is 10.2 Å². The molecule has 1 N–H and O–H groups in total. The molecule has 6 heteroatoms. The second-order valence-corrected chi connectivity index (χ2v) is 6.12. The number of rotatable bonds is 6. The maximum absolute atomic E-state index is 12.4. The molecular formula is C19H23N5O. The highest BCUT2D eigenvalue weighted by molar-refractivity contribution is 5.94. The molecule has 0 aliphatic rings. The van der Waals surface area contributed by atoms with Crippen LogP contribution in [0.4, 0.5) is 5.69 Å². The fraction of sp³-hybridized carbons (Fsp3) is 0.316. The molecule has 1 aromatic carbocycles. The SMILES string of the molecule is CCc1ccc(CCC(=O)Nc2cn(C)nc2-c2ccnn2C)cc1. The number of benzene rings is 1. The standard InChI is InChI=1S/C19H23N5O/c1-4-14-5-7-15(8-6-14)9-10-18(25)21-16-13-23(2)22-19(16)17-11-12-20-24(17)3/h5-8,11-13H,4,9-10H2,1-3H3,(H,21,25). The lowest BCUT2D eigenvalue weighted by atomic mass is 10.1. The van der Waals surface area contributed by atoms with E-state index in [4.69, 9.17) is 0 Å². The van der Waals surface area contributed by atoms with Crippen molar-refractivity contribution >= 4 is 11.6 Å². The third kappa shape index (κ3) is 3.96. The summed E-state index contributed by atoms with van der Waals surface area (Å²) in [6.45, 7) is 2.14. The minimum atomic E-state index is -0.0176. The molecule has 0 unspecified atom stereocenters. The van der Waals surface area contributed by atoms with E-state index in [2.05, 4.69) is 46.7 Å². The average molecular weight is 337 g/mol. The Morgan fingerprint density at radius 1 is 1.12 bits per heavy atom. The molecule has 0 aliphatic heterocycles. The number of aromatic nitrogens is 4. The molecule has 130 valence electrons. The van der Waals surface area contributed by atoms with Crippen molar-refractivity contribution in [1.29, 1.82) is 0 Å². The first-order valence-electron chi connectivity index (χ1n) is 8.46. The summed E-state index contributed by atoms with van der Waals surface area (Å²) in [6.07, 6.45) is 5.72. The number of nitrogens with one attached hydrogen (secondary N) is 1. The van der Waals surface area contributed by atoms with Crippen LogP contribution >= 0.6 is 0 Å². The van der Waals surface area contributed by atoms with Crippen LogP contribution in [-0.4, -0.2) is 25.5 Å². The molecule has 0 radical (unpaired) electrons. The third-order valence-electron chi connectivity index (χ3n) is 4.24. The first-order chi connectivity index (χ1) is 12.1. The van der Waals surface area contributed by atoms with E-state index in [0.717, 1.165) is 24.2 Å². The normalized spacial score (nSPS) is 10.8. The van der Waals surface area contributed by atoms with Gasteiger partial charge in [0.1, 0.15) is 5.69 Å². The topological polar surface area (TPSA) is 64.7 Å². The Morgan fingerprint density at radius 3 is 2.48 bits per heavy atom. The Bertz CT molecular complexity index is 860. The Hall–Kier alpha value is -2.89. The van der Waals surface area contributed by atoms with Crippen LogP contribution in [0.1, 0.15) is 24.5 Å². The number of aryl methyl sites for hydroxylation is 4. The first-order valence-corrected chi connectivity index (χ1v) is 8.46. The lowest BCUT2D eigenvalue weighted by Crippen LogP contribution is -2.13. The molecule has 3 aromatic rings. The van der Waals surface area contributed by atoms with Crippen LogP contribution in [0, 0.1) is 0 Å². The smallest absolute Gasteiger partial charge is 0.224 e. The van der Waals surface area contributed by atoms with Gasteiger partial charge in [-0.25, -0.2) is 0 Å². The summed E-state index contributed by atoms with van der Waals surface area (Å²) >= 11 is 0. The zero-order chi connectivity index (χ0) is 17.8. The van der Waals surface area contributed by atoms with Crippen molar-refractivity contribution in [3.63, 3.8) is 0 Å². The Kier molecular flexibility index (Phi) is 4.97. The lowest BCUT2D eigenvalue weighted by Gasteiger charge is -2.06. The number of carbonyl (C=O) groups is 1. The van der Waals surface area contributed by atoms with Gasteiger partial charge in [0.05, 0.1) is 11.4 Å². The minimum absolute atomic E-state index is 0.0176. The molecule has 6 nitrogen and oxygen atoms in total. The summed E-state index contributed by atoms with van der Waals surface area (Å²) in [5, 5.41) is 11.6. The van der Waals surface area contributed by atoms with E-state index in [0.29, 0.717) is 12.1 Å². The van der Waals surface area contributed by atoms with E-state index in [1.165, 1.54) is 11.1 Å². The monoisotopic (exact) mass is 337 g/mol. The molecule has 2 heterocycles. The molecule has 25 heavy (non-hydrogen) atoms. The zero-order valence-corrected chi connectivity index (χ0v) is 14.9. The van der Waals surface area contributed by atoms with Crippen molar-refractivity contribution in [1.82, 2.24) is 19.6 Å². The highest BCUT2D eigenvalue weighted by Gasteiger charge is 2.15. The lowest BCUT2D eigenvalue weighted by molar-refractivity contribution is -0.116. The van der Waals surface area contributed by atoms with Gasteiger partial charge in [-0.15, -0.1) is 0 Å². The van der Waals surface area contributed by atoms with Crippen LogP contribution in [-0.2, 0) is 31.7 Å². The van der Waals surface area contributed by atoms with Crippen molar-refractivity contribution in [3.05, 3.63) is 53.9 Å². The van der Waals surface area contributed by atoms with Crippen molar-refractivity contribution in [2.24, 2.45) is 14.1 Å². The highest BCUT2D eigenvalue weighted by Crippen LogP contribution is 2.25. The Morgan fingerprint density at radius 2 is 1.84 bits per heavy atom. The predicted octanol–water partition coefficient (Wildman–Crippen LogP) is 2.95. The Labute approximate surface area is 147 Å². The molecule has 3 rings (SSSR count). The van der Waals surface area contributed by atoms with Gasteiger partial charge >= 0.3 is 0 Å². The molecule has 0 atom stereocenters. The van der Waals surface area contributed by atoms with E-state index in [1.807, 2.05) is 26.4 Å². The zero-order valence-electron chi connectivity index (χ0n) is 14.9. The maximum Gasteiger partial charge on any atom is 0.224 e. The van der Waals surface area contributed by atoms with Gasteiger partial charge in [0.15, 0.2) is 0 Å². The predicted molar refractivity (Wildman–Crippen MR) is 98.2 cm³/mol. The van der Waals surface area contributed by atoms with Crippen molar-refractivity contribution in [2.45, 2.75) is 26.2 Å². The third-order valence-corrected chi connectivity index (χ3v) is 4.24. The molecular weight excluding hydrogens is 314 g/mol. The van der Waals surface area contributed by atoms with Gasteiger partial charge in [0.25, 0.3) is 0 Å². The van der Waals surface area contributed by atoms with E-state index in [1.54, 1.807) is 15.6 Å². The summed E-state index contributed by atoms with van der Waals surface area (Å²) in [5.41, 5.74) is 4.78. The summed E-state index contributed by atoms with van der Waals surface area (Å²) in [6, 6.07) is 10.3. The van der Waals surface area contributed by atoms with Gasteiger partial charge in [-0.05, 0) is 30.0 Å². The summed E-state index contributed by atoms with van der Waals surface area (Å²) < 4.78 is 3.44. The summed E-state index contributed by atoms with van der Waals surface area (Å²) in [4.78, 5) is 12.4. The van der Waals surface area contributed by atoms with Gasteiger partial charge in [-0.3, -0.25) is 14.2 Å². The van der Waals surface area contributed by atoms with Gasteiger partial charge in [0.2, 0.25) is 5.91 Å². The largest absolute Gasteiger partial charge is 0.323 e. The second kappa shape index (κ2) is 7.34. The van der Waals surface area contributed by atoms with E-state index >= 15 is 0 Å². The fourth-order valence-corrected chi connectivity index (χ4v) is 2.79. The van der Waals surface area contributed by atoms with Crippen LogP contribution in [0.15, 0.2) is 42.7 Å². The van der Waals surface area contributed by atoms with Gasteiger partial charge in [0, 0.05) is 32.9 Å². The maximum atomic E-state index is 12.4. The molecule has 0 saturated heterocycles. The van der Waals surface area contributed by atoms with Crippen LogP contribution in [0.2, 0.25) is 0 Å². The molecule has 0 spiro atoms. The number of nitrogens with zero attached hydrogens (tertiary/aromatic N) is 4. The summed E-state index contributed by atoms with van der Waals surface area (Å²) in [7, 11) is 3.69. The number of carbonyl (C=O) groups excluding carboxylic acids is 1. The minimum Gasteiger partial charge on any atom is -0.323 e. The second-order valence-electron chi connectivity index (χ2n) is 6.12. The van der Waals surface area contributed by atoms with Crippen molar-refractivity contribution in [3.8, 4) is 11.4 Å². The number of hydrogen-bond donors (Lipinski definition) is 1. The van der Waals surface area contributed by atoms with Crippen LogP contribution < -0.4 is 5.32 Å². The first kappa shape index (κ1) is 17.0. The van der Waals surface area contributed by atoms with Crippen LogP contribution in [0.25, 0.3) is 11.4 Å². The van der Waals surface area contributed by atoms with Gasteiger partial charge < -0.3 is 5.32 Å². The summed E-state index contributed by atoms with van der Waals surface area (Å²) in [5.74, 6) is -0.0176. The fourth-order valence-electron chi connectivity index (χ4n) is 2.79. The van der Waals surface area contributed by atoms with E-state index < -0.39 is 0 Å². The molecule has 0 fully saturated rings. The number of anilines is 1. The quantitative estimate of drug-likeness (QED) is 0.752. The van der Waals surface area contributed by atoms with Crippen molar-refractivity contribution in [2.75, 3.05) is 5.32 Å². The molecule has 0 aliphatic carbocycles.